The second-order valence-electron chi connectivity index (χ2n) is 27.3. The number of carbonyl (C=O) groups is 3. The molecule has 590 valence electrons. The number of hydrogen-bond donors (Lipinski definition) is 2. The number of aromatic nitrogens is 3. The van der Waals surface area contributed by atoms with Crippen LogP contribution in [-0.2, 0) is 91.7 Å². The van der Waals surface area contributed by atoms with Gasteiger partial charge in [0.25, 0.3) is 17.7 Å². The molecule has 0 aliphatic carbocycles. The Bertz CT molecular complexity index is 5840. The van der Waals surface area contributed by atoms with Gasteiger partial charge in [0.05, 0.1) is 80.0 Å². The number of phenolic OH excluding ortho intramolecular Hbond substituents is 1. The van der Waals surface area contributed by atoms with E-state index in [9.17, 15) is 57.9 Å². The van der Waals surface area contributed by atoms with E-state index in [1.54, 1.807) is 87.3 Å². The Morgan fingerprint density at radius 1 is 0.442 bits per heavy atom. The molecule has 2 N–H and O–H groups in total. The fourth-order valence-electron chi connectivity index (χ4n) is 13.7. The zero-order valence-electron chi connectivity index (χ0n) is 63.5. The number of fused-ring (bicyclic) bond motifs is 6. The Labute approximate surface area is 652 Å². The highest BCUT2D eigenvalue weighted by Gasteiger charge is 2.40. The number of pyridine rings is 3. The molecule has 0 bridgehead atoms. The Kier molecular flexibility index (Phi) is 24.1. The van der Waals surface area contributed by atoms with Crippen molar-refractivity contribution >= 4 is 97.6 Å². The van der Waals surface area contributed by atoms with Gasteiger partial charge in [-0.2, -0.15) is 0 Å². The van der Waals surface area contributed by atoms with Crippen molar-refractivity contribution in [2.24, 2.45) is 0 Å². The topological polar surface area (TPSA) is 296 Å². The van der Waals surface area contributed by atoms with Gasteiger partial charge in [-0.15, -0.1) is 0 Å². The number of anilines is 3. The average Bonchev–Trinajstić information content (AvgIpc) is 1.66. The summed E-state index contributed by atoms with van der Waals surface area (Å²) in [6.45, 7) is 2.03. The number of halogens is 3. The van der Waals surface area contributed by atoms with E-state index in [1.807, 2.05) is 60.7 Å². The van der Waals surface area contributed by atoms with E-state index in [-0.39, 0.29) is 90.1 Å². The molecule has 0 spiro atoms. The monoisotopic (exact) mass is 1600 g/mol. The van der Waals surface area contributed by atoms with Crippen molar-refractivity contribution in [3.05, 3.63) is 253 Å². The number of methoxy groups -OCH3 is 4. The first-order chi connectivity index (χ1) is 53.9. The number of phenols is 1. The number of carbonyl (C=O) groups excluding carboxylic acids is 3. The summed E-state index contributed by atoms with van der Waals surface area (Å²) in [5.41, 5.74) is 10.7. The number of nitrogens with one attached hydrogen (secondary N) is 1. The molecule has 6 heterocycles. The Morgan fingerprint density at radius 3 is 1.13 bits per heavy atom. The third kappa shape index (κ3) is 17.7. The van der Waals surface area contributed by atoms with Crippen LogP contribution >= 0.6 is 0 Å². The smallest absolute Gasteiger partial charge is 0.258 e. The minimum atomic E-state index is -3.72. The first-order valence-electron chi connectivity index (χ1n) is 35.4. The van der Waals surface area contributed by atoms with E-state index in [4.69, 9.17) is 33.4 Å². The van der Waals surface area contributed by atoms with E-state index in [0.717, 1.165) is 67.6 Å². The lowest BCUT2D eigenvalue weighted by Crippen LogP contribution is -2.28. The zero-order chi connectivity index (χ0) is 81.0. The maximum absolute atomic E-state index is 13.8. The summed E-state index contributed by atoms with van der Waals surface area (Å²) >= 11 is 0. The third-order valence-corrected chi connectivity index (χ3v) is 23.2. The molecule has 0 fully saturated rings. The minimum Gasteiger partial charge on any atom is -0.505 e. The molecule has 3 amide bonds. The zero-order valence-corrected chi connectivity index (χ0v) is 66.0. The van der Waals surface area contributed by atoms with Gasteiger partial charge in [-0.1, -0.05) is 60.7 Å². The molecule has 3 aliphatic rings. The summed E-state index contributed by atoms with van der Waals surface area (Å²) in [6, 6.07) is 38.6. The van der Waals surface area contributed by atoms with E-state index in [0.29, 0.717) is 130 Å². The fourth-order valence-corrected chi connectivity index (χ4v) is 15.3. The predicted molar refractivity (Wildman–Crippen MR) is 423 cm³/mol. The highest BCUT2D eigenvalue weighted by molar-refractivity contribution is 7.92. The quantitative estimate of drug-likeness (QED) is 0.0509. The SMILES string of the molecule is COCCN1Cc2c(c(O)c3ncc(Cc4ccc(F)cc4)cc3c2N(C)S(C)(=O)=O)C1=O.COCCN1Cc2c(c(OCc3ccc(OC)cc3)c3ncc(Cc4ccc(F)cc4)cc3c2N(C)S(C)(=O)=O)C1=O.COc1ccc(COc2c3c(c(N(C)S(C)(=O)=O)c4cc(Cc5ccc(F)cc5)cnc24)CNC3=O)cc1. The van der Waals surface area contributed by atoms with Crippen LogP contribution in [0.15, 0.2) is 158 Å². The maximum Gasteiger partial charge on any atom is 0.258 e. The van der Waals surface area contributed by atoms with E-state index in [1.165, 1.54) is 78.2 Å². The van der Waals surface area contributed by atoms with Gasteiger partial charge in [-0.3, -0.25) is 42.3 Å². The lowest BCUT2D eigenvalue weighted by Gasteiger charge is -2.24. The van der Waals surface area contributed by atoms with Crippen LogP contribution in [0.5, 0.6) is 28.7 Å². The first kappa shape index (κ1) is 80.9. The number of aromatic hydroxyl groups is 1. The van der Waals surface area contributed by atoms with Gasteiger partial charge in [0.1, 0.15) is 58.7 Å². The molecule has 0 saturated heterocycles. The van der Waals surface area contributed by atoms with Crippen LogP contribution < -0.4 is 37.2 Å². The van der Waals surface area contributed by atoms with Crippen LogP contribution in [0.1, 0.15) is 92.3 Å². The molecule has 0 unspecified atom stereocenters. The van der Waals surface area contributed by atoms with Crippen molar-refractivity contribution in [2.75, 3.05) is 108 Å². The van der Waals surface area contributed by atoms with Crippen LogP contribution in [0.2, 0.25) is 0 Å². The number of hydrogen-bond acceptors (Lipinski definition) is 19. The summed E-state index contributed by atoms with van der Waals surface area (Å²) in [5.74, 6) is -0.305. The van der Waals surface area contributed by atoms with Gasteiger partial charge in [0, 0.05) is 120 Å². The van der Waals surface area contributed by atoms with E-state index < -0.39 is 36.0 Å². The molecule has 3 aromatic heterocycles. The van der Waals surface area contributed by atoms with Gasteiger partial charge in [0.2, 0.25) is 30.1 Å². The molecule has 0 atom stereocenters. The Balaban J connectivity index is 0.000000158. The highest BCUT2D eigenvalue weighted by atomic mass is 32.2. The fraction of sp³-hybridized carbons (Fsp3) is 0.268. The summed E-state index contributed by atoms with van der Waals surface area (Å²) in [5, 5.41) is 15.2. The van der Waals surface area contributed by atoms with Crippen LogP contribution in [0.4, 0.5) is 30.2 Å². The molecule has 11 aromatic rings. The maximum atomic E-state index is 13.8. The predicted octanol–water partition coefficient (Wildman–Crippen LogP) is 11.4. The van der Waals surface area contributed by atoms with Crippen molar-refractivity contribution in [3.8, 4) is 28.7 Å². The summed E-state index contributed by atoms with van der Waals surface area (Å²) < 4.78 is 153. The largest absolute Gasteiger partial charge is 0.505 e. The van der Waals surface area contributed by atoms with Gasteiger partial charge >= 0.3 is 0 Å². The molecule has 0 radical (unpaired) electrons. The molecular formula is C82H82F3N9O16S3. The van der Waals surface area contributed by atoms with E-state index in [2.05, 4.69) is 15.3 Å². The van der Waals surface area contributed by atoms with Crippen LogP contribution in [0.3, 0.4) is 0 Å². The number of nitrogens with zero attached hydrogens (tertiary/aromatic N) is 8. The van der Waals surface area contributed by atoms with Crippen molar-refractivity contribution in [2.45, 2.75) is 52.1 Å². The lowest BCUT2D eigenvalue weighted by atomic mass is 9.98. The van der Waals surface area contributed by atoms with Crippen molar-refractivity contribution in [1.29, 1.82) is 0 Å². The lowest BCUT2D eigenvalue weighted by molar-refractivity contribution is 0.0711. The molecule has 3 aliphatic heterocycles. The normalized spacial score (nSPS) is 13.1. The third-order valence-electron chi connectivity index (χ3n) is 19.7. The molecule has 14 rings (SSSR count). The van der Waals surface area contributed by atoms with Gasteiger partial charge in [-0.25, -0.2) is 38.4 Å². The number of rotatable bonds is 26. The van der Waals surface area contributed by atoms with E-state index >= 15 is 0 Å². The molecular weight excluding hydrogens is 1520 g/mol. The molecule has 8 aromatic carbocycles. The second kappa shape index (κ2) is 33.7. The average molecular weight is 1600 g/mol. The Morgan fingerprint density at radius 2 is 0.770 bits per heavy atom. The summed E-state index contributed by atoms with van der Waals surface area (Å²) in [7, 11) is -0.467. The molecule has 0 saturated carbocycles. The summed E-state index contributed by atoms with van der Waals surface area (Å²) in [6.07, 6.45) is 9.54. The molecule has 31 heteroatoms. The standard InChI is InChI=1S/C31H32FN3O6S.C28H26FN3O5S.C23H24FN3O5S/c1-34(42(4,37)38)29-25-16-22(15-20-5-9-23(32)10-6-20)17-33-28(25)30(41-19-21-7-11-24(40-3)12-8-21)27-26(29)18-35(31(27)36)13-14-39-2;1-32(38(3,34)35)26-22-13-19(12-17-4-8-20(29)9-5-17)14-30-25(22)27(24-23(26)15-31-28(24)33)37-16-18-6-10-21(36-2)11-7-18;1-26(33(3,30)31)21-17-11-15(10-14-4-6-16(24)7-5-14)12-25-20(17)22(28)19-18(21)13-27(23(19)29)8-9-32-2/h5-12,16-17H,13-15,18-19H2,1-4H3;4-11,13-14H,12,15-16H2,1-3H3,(H,31,33);4-7,11-12,28H,8-10,13H2,1-3H3. The molecule has 25 nitrogen and oxygen atoms in total. The number of sulfonamides is 3. The first-order valence-corrected chi connectivity index (χ1v) is 40.9. The van der Waals surface area contributed by atoms with Crippen LogP contribution in [0, 0.1) is 17.5 Å². The van der Waals surface area contributed by atoms with Gasteiger partial charge in [0.15, 0.2) is 17.2 Å². The number of amides is 3. The number of benzene rings is 8. The van der Waals surface area contributed by atoms with Gasteiger partial charge < -0.3 is 48.6 Å². The van der Waals surface area contributed by atoms with Crippen LogP contribution in [-0.4, -0.2) is 167 Å². The minimum absolute atomic E-state index is 0.0582. The number of ether oxygens (including phenoxy) is 6. The van der Waals surface area contributed by atoms with Crippen molar-refractivity contribution in [3.63, 3.8) is 0 Å². The van der Waals surface area contributed by atoms with Crippen LogP contribution in [0.25, 0.3) is 32.7 Å². The summed E-state index contributed by atoms with van der Waals surface area (Å²) in [4.78, 5) is 56.6. The van der Waals surface area contributed by atoms with Gasteiger partial charge in [-0.05, 0) is 143 Å². The van der Waals surface area contributed by atoms with Crippen molar-refractivity contribution in [1.82, 2.24) is 30.1 Å². The Hall–Kier alpha value is -11.6. The highest BCUT2D eigenvalue weighted by Crippen LogP contribution is 2.48. The molecule has 113 heavy (non-hydrogen) atoms. The van der Waals surface area contributed by atoms with Crippen molar-refractivity contribution < 1.29 is 86.3 Å². The second-order valence-corrected chi connectivity index (χ2v) is 33.4.